The highest BCUT2D eigenvalue weighted by molar-refractivity contribution is 5.96. The van der Waals surface area contributed by atoms with E-state index in [9.17, 15) is 22.8 Å². The third-order valence-corrected chi connectivity index (χ3v) is 6.90. The lowest BCUT2D eigenvalue weighted by molar-refractivity contribution is -0.137. The minimum Gasteiger partial charge on any atom is -0.448 e. The van der Waals surface area contributed by atoms with Gasteiger partial charge < -0.3 is 14.6 Å². The molecule has 2 aromatic carbocycles. The van der Waals surface area contributed by atoms with Crippen LogP contribution in [0.3, 0.4) is 0 Å². The summed E-state index contributed by atoms with van der Waals surface area (Å²) >= 11 is 0. The molecule has 5 rings (SSSR count). The van der Waals surface area contributed by atoms with Crippen LogP contribution in [0.5, 0.6) is 0 Å². The molecule has 0 spiro atoms. The van der Waals surface area contributed by atoms with E-state index in [1.807, 2.05) is 36.9 Å². The van der Waals surface area contributed by atoms with Crippen LogP contribution in [0, 0.1) is 6.92 Å². The number of aryl methyl sites for hydroxylation is 2. The minimum absolute atomic E-state index is 0.0511. The topological polar surface area (TPSA) is 93.3 Å². The maximum atomic E-state index is 12.9. The lowest BCUT2D eigenvalue weighted by Crippen LogP contribution is -2.43. The van der Waals surface area contributed by atoms with Gasteiger partial charge in [0.25, 0.3) is 5.91 Å². The minimum atomic E-state index is -4.55. The van der Waals surface area contributed by atoms with E-state index in [2.05, 4.69) is 10.4 Å². The molecule has 1 saturated heterocycles. The fourth-order valence-corrected chi connectivity index (χ4v) is 4.79. The predicted molar refractivity (Wildman–Crippen MR) is 133 cm³/mol. The van der Waals surface area contributed by atoms with Gasteiger partial charge >= 0.3 is 6.18 Å². The lowest BCUT2D eigenvalue weighted by Gasteiger charge is -2.30. The highest BCUT2D eigenvalue weighted by Gasteiger charge is 2.31. The largest absolute Gasteiger partial charge is 0.448 e. The Morgan fingerprint density at radius 1 is 1.13 bits per heavy atom. The molecule has 1 fully saturated rings. The number of alkyl halides is 3. The summed E-state index contributed by atoms with van der Waals surface area (Å²) in [4.78, 5) is 31.2. The van der Waals surface area contributed by atoms with Crippen LogP contribution in [-0.2, 0) is 18.0 Å². The Hall–Kier alpha value is -4.15. The summed E-state index contributed by atoms with van der Waals surface area (Å²) in [5, 5.41) is 7.96. The van der Waals surface area contributed by atoms with Gasteiger partial charge in [-0.15, -0.1) is 0 Å². The molecule has 8 nitrogen and oxygen atoms in total. The first kappa shape index (κ1) is 25.5. The average Bonchev–Trinajstić information content (AvgIpc) is 3.51. The second-order valence-electron chi connectivity index (χ2n) is 9.43. The Bertz CT molecular complexity index is 1500. The molecule has 4 aromatic rings. The van der Waals surface area contributed by atoms with E-state index < -0.39 is 17.6 Å². The Morgan fingerprint density at radius 2 is 1.89 bits per heavy atom. The standard InChI is InChI=1S/C27H26F3N5O3/c1-16-21-7-6-18(13-23(21)34(2)33-16)22-15-38-26(32-22)17-8-10-35(11-9-17)24(36)14-31-25(37)19-4-3-5-20(12-19)27(28,29)30/h3-7,12-13,15,17H,8-11,14H2,1-2H3,(H,31,37). The first-order valence-corrected chi connectivity index (χ1v) is 12.2. The van der Waals surface area contributed by atoms with Crippen molar-refractivity contribution in [1.82, 2.24) is 25.0 Å². The zero-order chi connectivity index (χ0) is 27.0. The van der Waals surface area contributed by atoms with E-state index in [-0.39, 0.29) is 23.9 Å². The number of carbonyl (C=O) groups is 2. The SMILES string of the molecule is Cc1nn(C)c2cc(-c3coc(C4CCN(C(=O)CNC(=O)c5cccc(C(F)(F)F)c5)CC4)n3)ccc12. The van der Waals surface area contributed by atoms with E-state index >= 15 is 0 Å². The number of aromatic nitrogens is 3. The Morgan fingerprint density at radius 3 is 2.63 bits per heavy atom. The molecule has 11 heteroatoms. The number of halogens is 3. The van der Waals surface area contributed by atoms with Crippen molar-refractivity contribution in [3.63, 3.8) is 0 Å². The van der Waals surface area contributed by atoms with E-state index in [1.165, 1.54) is 6.07 Å². The molecule has 1 aliphatic rings. The second-order valence-corrected chi connectivity index (χ2v) is 9.43. The number of carbonyl (C=O) groups excluding carboxylic acids is 2. The van der Waals surface area contributed by atoms with Gasteiger partial charge in [-0.1, -0.05) is 18.2 Å². The molecule has 0 radical (unpaired) electrons. The van der Waals surface area contributed by atoms with Gasteiger partial charge in [0.1, 0.15) is 12.0 Å². The van der Waals surface area contributed by atoms with E-state index in [0.717, 1.165) is 46.1 Å². The van der Waals surface area contributed by atoms with Gasteiger partial charge in [-0.3, -0.25) is 14.3 Å². The van der Waals surface area contributed by atoms with Gasteiger partial charge in [-0.25, -0.2) is 4.98 Å². The smallest absolute Gasteiger partial charge is 0.416 e. The van der Waals surface area contributed by atoms with Gasteiger partial charge in [0.2, 0.25) is 5.91 Å². The zero-order valence-corrected chi connectivity index (χ0v) is 20.9. The normalized spacial score (nSPS) is 14.7. The zero-order valence-electron chi connectivity index (χ0n) is 20.9. The van der Waals surface area contributed by atoms with Crippen LogP contribution in [-0.4, -0.2) is 51.1 Å². The fraction of sp³-hybridized carbons (Fsp3) is 0.333. The third kappa shape index (κ3) is 5.13. The van der Waals surface area contributed by atoms with Crippen molar-refractivity contribution in [2.75, 3.05) is 19.6 Å². The van der Waals surface area contributed by atoms with E-state index in [0.29, 0.717) is 31.8 Å². The number of hydrogen-bond donors (Lipinski definition) is 1. The molecule has 0 atom stereocenters. The van der Waals surface area contributed by atoms with Gasteiger partial charge in [-0.05, 0) is 44.0 Å². The maximum absolute atomic E-state index is 12.9. The van der Waals surface area contributed by atoms with Gasteiger partial charge in [0.05, 0.1) is 23.3 Å². The van der Waals surface area contributed by atoms with Crippen LogP contribution in [0.2, 0.25) is 0 Å². The molecule has 38 heavy (non-hydrogen) atoms. The van der Waals surface area contributed by atoms with Crippen LogP contribution >= 0.6 is 0 Å². The number of nitrogens with zero attached hydrogens (tertiary/aromatic N) is 4. The molecule has 1 aliphatic heterocycles. The predicted octanol–water partition coefficient (Wildman–Crippen LogP) is 4.69. The van der Waals surface area contributed by atoms with E-state index in [1.54, 1.807) is 11.2 Å². The van der Waals surface area contributed by atoms with Crippen molar-refractivity contribution in [1.29, 1.82) is 0 Å². The van der Waals surface area contributed by atoms with Gasteiger partial charge in [-0.2, -0.15) is 18.3 Å². The average molecular weight is 526 g/mol. The number of benzene rings is 2. The number of rotatable bonds is 5. The van der Waals surface area contributed by atoms with Crippen LogP contribution in [0.15, 0.2) is 53.1 Å². The van der Waals surface area contributed by atoms with Crippen LogP contribution in [0.25, 0.3) is 22.2 Å². The molecule has 0 bridgehead atoms. The highest BCUT2D eigenvalue weighted by atomic mass is 19.4. The fourth-order valence-electron chi connectivity index (χ4n) is 4.79. The van der Waals surface area contributed by atoms with Crippen LogP contribution in [0.4, 0.5) is 13.2 Å². The molecule has 0 saturated carbocycles. The van der Waals surface area contributed by atoms with Crippen molar-refractivity contribution in [2.24, 2.45) is 7.05 Å². The van der Waals surface area contributed by atoms with Crippen molar-refractivity contribution >= 4 is 22.7 Å². The third-order valence-electron chi connectivity index (χ3n) is 6.90. The van der Waals surface area contributed by atoms with E-state index in [4.69, 9.17) is 9.40 Å². The summed E-state index contributed by atoms with van der Waals surface area (Å²) in [6.45, 7) is 2.60. The summed E-state index contributed by atoms with van der Waals surface area (Å²) in [6.07, 6.45) is -1.62. The molecular formula is C27H26F3N5O3. The van der Waals surface area contributed by atoms with Gasteiger partial charge in [0, 0.05) is 42.6 Å². The second kappa shape index (κ2) is 9.96. The number of nitrogens with one attached hydrogen (secondary N) is 1. The molecule has 0 unspecified atom stereocenters. The molecule has 1 N–H and O–H groups in total. The summed E-state index contributed by atoms with van der Waals surface area (Å²) in [5.41, 5.74) is 2.57. The first-order valence-electron chi connectivity index (χ1n) is 12.2. The van der Waals surface area contributed by atoms with Crippen molar-refractivity contribution in [3.05, 3.63) is 71.4 Å². The van der Waals surface area contributed by atoms with Crippen LogP contribution < -0.4 is 5.32 Å². The van der Waals surface area contributed by atoms with Crippen LogP contribution in [0.1, 0.15) is 46.3 Å². The summed E-state index contributed by atoms with van der Waals surface area (Å²) < 4.78 is 46.3. The first-order chi connectivity index (χ1) is 18.1. The van der Waals surface area contributed by atoms with Crippen molar-refractivity contribution in [2.45, 2.75) is 31.9 Å². The molecule has 0 aliphatic carbocycles. The Balaban J connectivity index is 1.15. The molecule has 198 valence electrons. The monoisotopic (exact) mass is 525 g/mol. The number of piperidine rings is 1. The maximum Gasteiger partial charge on any atom is 0.416 e. The summed E-state index contributed by atoms with van der Waals surface area (Å²) in [7, 11) is 1.90. The number of amides is 2. The van der Waals surface area contributed by atoms with Crippen molar-refractivity contribution in [3.8, 4) is 11.3 Å². The molecule has 2 amide bonds. The summed E-state index contributed by atoms with van der Waals surface area (Å²) in [6, 6.07) is 10.2. The molecule has 2 aromatic heterocycles. The quantitative estimate of drug-likeness (QED) is 0.408. The molecule has 3 heterocycles. The Kier molecular flexibility index (Phi) is 6.68. The number of fused-ring (bicyclic) bond motifs is 1. The lowest BCUT2D eigenvalue weighted by atomic mass is 9.96. The van der Waals surface area contributed by atoms with Gasteiger partial charge in [0.15, 0.2) is 5.89 Å². The number of oxazole rings is 1. The summed E-state index contributed by atoms with van der Waals surface area (Å²) in [5.74, 6) is -0.357. The Labute approximate surface area is 216 Å². The van der Waals surface area contributed by atoms with Crippen molar-refractivity contribution < 1.29 is 27.2 Å². The molecular weight excluding hydrogens is 499 g/mol. The number of likely N-dealkylation sites (tertiary alicyclic amines) is 1. The highest BCUT2D eigenvalue weighted by Crippen LogP contribution is 2.32. The number of hydrogen-bond acceptors (Lipinski definition) is 5.